The fraction of sp³-hybridized carbons (Fsp3) is 0.636. The highest BCUT2D eigenvalue weighted by Crippen LogP contribution is 2.46. The van der Waals surface area contributed by atoms with Gasteiger partial charge >= 0.3 is 0 Å². The number of nitrogens with zero attached hydrogens (tertiary/aromatic N) is 2. The van der Waals surface area contributed by atoms with Crippen LogP contribution in [0.3, 0.4) is 0 Å². The van der Waals surface area contributed by atoms with Crippen molar-refractivity contribution < 1.29 is 14.3 Å². The van der Waals surface area contributed by atoms with E-state index in [2.05, 4.69) is 25.9 Å². The van der Waals surface area contributed by atoms with Gasteiger partial charge in [0.15, 0.2) is 5.11 Å². The van der Waals surface area contributed by atoms with Gasteiger partial charge in [-0.2, -0.15) is 0 Å². The molecule has 2 amide bonds. The van der Waals surface area contributed by atoms with Gasteiger partial charge in [-0.15, -0.1) is 0 Å². The molecule has 1 saturated heterocycles. The number of imidazole rings is 1. The van der Waals surface area contributed by atoms with Crippen LogP contribution in [0.2, 0.25) is 0 Å². The number of thiocarbonyl (C=S) groups is 1. The zero-order chi connectivity index (χ0) is 30.9. The van der Waals surface area contributed by atoms with E-state index in [9.17, 15) is 9.59 Å². The molecule has 236 valence electrons. The first-order chi connectivity index (χ1) is 20.6. The average Bonchev–Trinajstić information content (AvgIpc) is 3.52. The summed E-state index contributed by atoms with van der Waals surface area (Å²) in [5.41, 5.74) is 1.39. The summed E-state index contributed by atoms with van der Waals surface area (Å²) in [5, 5.41) is 10.4. The first kappa shape index (κ1) is 32.8. The number of aromatic amines is 1. The Morgan fingerprint density at radius 1 is 1.14 bits per heavy atom. The maximum atomic E-state index is 14.1. The fourth-order valence-corrected chi connectivity index (χ4v) is 6.84. The van der Waals surface area contributed by atoms with Crippen molar-refractivity contribution in [3.63, 3.8) is 0 Å². The van der Waals surface area contributed by atoms with Crippen LogP contribution in [0.4, 0.5) is 0 Å². The molecule has 2 fully saturated rings. The lowest BCUT2D eigenvalue weighted by atomic mass is 9.63. The first-order valence-corrected chi connectivity index (χ1v) is 16.3. The number of hydrogen-bond acceptors (Lipinski definition) is 5. The Morgan fingerprint density at radius 3 is 2.44 bits per heavy atom. The number of aromatic nitrogens is 2. The lowest BCUT2D eigenvalue weighted by molar-refractivity contribution is -0.146. The molecule has 2 aliphatic rings. The Balaban J connectivity index is 1.43. The SMILES string of the molecule is COc1ccc(C[C@@H](NC(=S)NCCCc2cnc[nH]2)C(=O)N2CCC(C(=O)NC(C)(C)C)(C3CCCCC3)CC2)cc1. The Kier molecular flexibility index (Phi) is 11.5. The molecular weight excluding hydrogens is 560 g/mol. The molecule has 1 aliphatic heterocycles. The predicted octanol–water partition coefficient (Wildman–Crippen LogP) is 4.53. The van der Waals surface area contributed by atoms with Crippen LogP contribution in [-0.4, -0.2) is 70.1 Å². The van der Waals surface area contributed by atoms with Gasteiger partial charge in [-0.3, -0.25) is 9.59 Å². The minimum Gasteiger partial charge on any atom is -0.497 e. The zero-order valence-electron chi connectivity index (χ0n) is 26.3. The Hall–Kier alpha value is -3.14. The van der Waals surface area contributed by atoms with Gasteiger partial charge in [-0.1, -0.05) is 31.4 Å². The standard InChI is InChI=1S/C33H50N6O3S/c1-32(2,3)38-30(41)33(25-9-6-5-7-10-25)16-19-39(20-17-33)29(40)28(21-24-12-14-27(42-4)15-13-24)37-31(43)35-18-8-11-26-22-34-23-36-26/h12-15,22-23,25,28H,5-11,16-21H2,1-4H3,(H,34,36)(H,38,41)(H2,35,37,43)/t28-/m1/s1. The first-order valence-electron chi connectivity index (χ1n) is 15.9. The van der Waals surface area contributed by atoms with Crippen molar-refractivity contribution in [2.75, 3.05) is 26.7 Å². The zero-order valence-corrected chi connectivity index (χ0v) is 27.2. The van der Waals surface area contributed by atoms with Crippen molar-refractivity contribution in [2.45, 2.75) is 96.6 Å². The number of likely N-dealkylation sites (tertiary alicyclic amines) is 1. The van der Waals surface area contributed by atoms with Gasteiger partial charge in [0.05, 0.1) is 18.9 Å². The van der Waals surface area contributed by atoms with E-state index in [0.717, 1.165) is 42.7 Å². The van der Waals surface area contributed by atoms with Crippen molar-refractivity contribution in [2.24, 2.45) is 11.3 Å². The minimum absolute atomic E-state index is 0.0194. The molecule has 1 aromatic heterocycles. The van der Waals surface area contributed by atoms with Gasteiger partial charge in [-0.05, 0) is 95.1 Å². The van der Waals surface area contributed by atoms with Crippen LogP contribution in [0.1, 0.15) is 83.4 Å². The molecular formula is C33H50N6O3S. The summed E-state index contributed by atoms with van der Waals surface area (Å²) in [7, 11) is 1.64. The number of nitrogens with one attached hydrogen (secondary N) is 4. The number of carbonyl (C=O) groups is 2. The van der Waals surface area contributed by atoms with Gasteiger partial charge in [0.1, 0.15) is 11.8 Å². The number of H-pyrrole nitrogens is 1. The third kappa shape index (κ3) is 9.17. The number of carbonyl (C=O) groups excluding carboxylic acids is 2. The summed E-state index contributed by atoms with van der Waals surface area (Å²) >= 11 is 5.64. The molecule has 1 aliphatic carbocycles. The van der Waals surface area contributed by atoms with Crippen LogP contribution in [0, 0.1) is 11.3 Å². The molecule has 0 radical (unpaired) electrons. The Morgan fingerprint density at radius 2 is 1.84 bits per heavy atom. The van der Waals surface area contributed by atoms with E-state index in [4.69, 9.17) is 17.0 Å². The number of benzene rings is 1. The molecule has 0 spiro atoms. The largest absolute Gasteiger partial charge is 0.497 e. The van der Waals surface area contributed by atoms with E-state index >= 15 is 0 Å². The van der Waals surface area contributed by atoms with Crippen LogP contribution in [0.15, 0.2) is 36.8 Å². The number of aryl methyl sites for hydroxylation is 1. The van der Waals surface area contributed by atoms with Gasteiger partial charge in [0, 0.05) is 43.5 Å². The molecule has 4 rings (SSSR count). The molecule has 10 heteroatoms. The summed E-state index contributed by atoms with van der Waals surface area (Å²) in [5.74, 6) is 1.32. The maximum Gasteiger partial charge on any atom is 0.245 e. The highest BCUT2D eigenvalue weighted by Gasteiger charge is 2.49. The van der Waals surface area contributed by atoms with E-state index in [1.54, 1.807) is 13.4 Å². The Bertz CT molecular complexity index is 1180. The van der Waals surface area contributed by atoms with Crippen LogP contribution in [-0.2, 0) is 22.4 Å². The molecule has 2 heterocycles. The molecule has 1 atom stereocenters. The second-order valence-corrected chi connectivity index (χ2v) is 13.6. The van der Waals surface area contributed by atoms with Crippen molar-refractivity contribution in [3.8, 4) is 5.75 Å². The second kappa shape index (κ2) is 15.0. The van der Waals surface area contributed by atoms with Crippen molar-refractivity contribution >= 4 is 29.1 Å². The number of rotatable bonds is 11. The van der Waals surface area contributed by atoms with E-state index in [1.165, 1.54) is 19.3 Å². The van der Waals surface area contributed by atoms with Gasteiger partial charge in [-0.25, -0.2) is 4.98 Å². The molecule has 4 N–H and O–H groups in total. The average molecular weight is 611 g/mol. The molecule has 0 unspecified atom stereocenters. The normalized spacial score (nSPS) is 18.0. The minimum atomic E-state index is -0.522. The Labute approximate surface area is 262 Å². The van der Waals surface area contributed by atoms with Crippen LogP contribution in [0.5, 0.6) is 5.75 Å². The number of ether oxygens (including phenoxy) is 1. The number of methoxy groups -OCH3 is 1. The van der Waals surface area contributed by atoms with Gasteiger partial charge in [0.25, 0.3) is 0 Å². The smallest absolute Gasteiger partial charge is 0.245 e. The highest BCUT2D eigenvalue weighted by atomic mass is 32.1. The maximum absolute atomic E-state index is 14.1. The summed E-state index contributed by atoms with van der Waals surface area (Å²) in [6.07, 6.45) is 12.9. The van der Waals surface area contributed by atoms with Gasteiger partial charge in [0.2, 0.25) is 11.8 Å². The number of amides is 2. The van der Waals surface area contributed by atoms with Crippen molar-refractivity contribution in [1.29, 1.82) is 0 Å². The fourth-order valence-electron chi connectivity index (χ4n) is 6.60. The molecule has 2 aromatic rings. The molecule has 43 heavy (non-hydrogen) atoms. The second-order valence-electron chi connectivity index (χ2n) is 13.2. The lowest BCUT2D eigenvalue weighted by Crippen LogP contribution is -2.59. The van der Waals surface area contributed by atoms with Gasteiger partial charge < -0.3 is 30.6 Å². The molecule has 9 nitrogen and oxygen atoms in total. The van der Waals surface area contributed by atoms with Crippen LogP contribution in [0.25, 0.3) is 0 Å². The summed E-state index contributed by atoms with van der Waals surface area (Å²) in [6.45, 7) is 7.95. The molecule has 0 bridgehead atoms. The third-order valence-electron chi connectivity index (χ3n) is 8.96. The van der Waals surface area contributed by atoms with Crippen LogP contribution < -0.4 is 20.7 Å². The van der Waals surface area contributed by atoms with E-state index in [-0.39, 0.29) is 17.4 Å². The van der Waals surface area contributed by atoms with E-state index < -0.39 is 11.5 Å². The summed E-state index contributed by atoms with van der Waals surface area (Å²) in [6, 6.07) is 7.28. The van der Waals surface area contributed by atoms with E-state index in [0.29, 0.717) is 49.9 Å². The summed E-state index contributed by atoms with van der Waals surface area (Å²) in [4.78, 5) is 37.0. The van der Waals surface area contributed by atoms with E-state index in [1.807, 2.05) is 56.1 Å². The number of hydrogen-bond donors (Lipinski definition) is 4. The highest BCUT2D eigenvalue weighted by molar-refractivity contribution is 7.80. The topological polar surface area (TPSA) is 111 Å². The van der Waals surface area contributed by atoms with Crippen molar-refractivity contribution in [1.82, 2.24) is 30.8 Å². The predicted molar refractivity (Wildman–Crippen MR) is 174 cm³/mol. The van der Waals surface area contributed by atoms with Crippen LogP contribution >= 0.6 is 12.2 Å². The molecule has 1 saturated carbocycles. The number of piperidine rings is 1. The monoisotopic (exact) mass is 610 g/mol. The van der Waals surface area contributed by atoms with Crippen molar-refractivity contribution in [3.05, 3.63) is 48.0 Å². The lowest BCUT2D eigenvalue weighted by Gasteiger charge is -2.48. The third-order valence-corrected chi connectivity index (χ3v) is 9.22. The summed E-state index contributed by atoms with van der Waals surface area (Å²) < 4.78 is 5.32. The quantitative estimate of drug-likeness (QED) is 0.219. The molecule has 1 aromatic carbocycles.